The highest BCUT2D eigenvalue weighted by molar-refractivity contribution is 5.83. The molecule has 0 radical (unpaired) electrons. The van der Waals surface area contributed by atoms with E-state index in [1.807, 2.05) is 65.6 Å². The molecule has 2 N–H and O–H groups in total. The molecule has 0 amide bonds. The molecule has 10 nitrogen and oxygen atoms in total. The summed E-state index contributed by atoms with van der Waals surface area (Å²) in [5.74, 6) is 1.81. The summed E-state index contributed by atoms with van der Waals surface area (Å²) >= 11 is 0. The third-order valence-corrected chi connectivity index (χ3v) is 7.64. The molecule has 10 heteroatoms. The quantitative estimate of drug-likeness (QED) is 0.327. The number of rotatable bonds is 5. The molecule has 5 aromatic heterocycles. The minimum atomic E-state index is 0.126. The first-order valence-corrected chi connectivity index (χ1v) is 13.4. The van der Waals surface area contributed by atoms with Crippen molar-refractivity contribution in [3.63, 3.8) is 0 Å². The second-order valence-corrected chi connectivity index (χ2v) is 10.1. The fraction of sp³-hybridized carbons (Fsp3) is 0.0968. The Morgan fingerprint density at radius 1 is 0.878 bits per heavy atom. The van der Waals surface area contributed by atoms with Crippen LogP contribution in [0.3, 0.4) is 0 Å². The monoisotopic (exact) mass is 536 g/mol. The van der Waals surface area contributed by atoms with E-state index in [0.29, 0.717) is 17.5 Å². The van der Waals surface area contributed by atoms with Gasteiger partial charge >= 0.3 is 0 Å². The Morgan fingerprint density at radius 3 is 2.66 bits per heavy atom. The van der Waals surface area contributed by atoms with Crippen LogP contribution in [0.25, 0.3) is 45.3 Å². The molecule has 8 rings (SSSR count). The number of aromatic nitrogens is 9. The molecule has 0 fully saturated rings. The molecule has 1 aliphatic carbocycles. The van der Waals surface area contributed by atoms with E-state index in [1.54, 1.807) is 17.1 Å². The first-order chi connectivity index (χ1) is 20.2. The number of hydrogen-bond donors (Lipinski definition) is 1. The zero-order valence-electron chi connectivity index (χ0n) is 21.9. The normalized spacial score (nSPS) is 14.5. The van der Waals surface area contributed by atoms with E-state index in [-0.39, 0.29) is 6.04 Å². The maximum atomic E-state index is 6.33. The standard InChI is InChI=1S/C31H24N10/c32-29-24(8-4-15-33-29)30-35-25-12-14-28(39-17-5-16-34-39)36-31(25)41(30)22-10-11-23-21(18-22)9-13-27(23)40-19-26(37-38-40)20-6-2-1-3-7-20/h1-8,10-12,14-19,27H,9,13H2,(H2,32,33)/t27-/m0/s1. The van der Waals surface area contributed by atoms with Crippen molar-refractivity contribution in [3.8, 4) is 34.2 Å². The Bertz CT molecular complexity index is 2020. The van der Waals surface area contributed by atoms with Crippen molar-refractivity contribution in [2.75, 3.05) is 5.73 Å². The van der Waals surface area contributed by atoms with Crippen molar-refractivity contribution in [2.24, 2.45) is 0 Å². The van der Waals surface area contributed by atoms with Crippen LogP contribution in [0.5, 0.6) is 0 Å². The maximum absolute atomic E-state index is 6.33. The molecule has 0 aliphatic heterocycles. The van der Waals surface area contributed by atoms with Crippen molar-refractivity contribution in [1.29, 1.82) is 0 Å². The molecule has 2 aromatic carbocycles. The number of nitrogen functional groups attached to an aromatic ring is 1. The van der Waals surface area contributed by atoms with Crippen LogP contribution in [-0.4, -0.2) is 44.3 Å². The molecular formula is C31H24N10. The Kier molecular flexibility index (Phi) is 5.24. The van der Waals surface area contributed by atoms with E-state index in [2.05, 4.69) is 55.3 Å². The highest BCUT2D eigenvalue weighted by Crippen LogP contribution is 2.37. The fourth-order valence-corrected chi connectivity index (χ4v) is 5.68. The number of nitrogens with two attached hydrogens (primary N) is 1. The van der Waals surface area contributed by atoms with Gasteiger partial charge in [0.15, 0.2) is 17.3 Å². The average Bonchev–Trinajstić information content (AvgIpc) is 3.82. The Balaban J connectivity index is 1.24. The summed E-state index contributed by atoms with van der Waals surface area (Å²) in [6, 6.07) is 26.4. The molecule has 1 aliphatic rings. The summed E-state index contributed by atoms with van der Waals surface area (Å²) in [6.07, 6.45) is 9.21. The number of imidazole rings is 1. The minimum absolute atomic E-state index is 0.126. The SMILES string of the molecule is Nc1ncccc1-c1nc2ccc(-n3cccn3)nc2n1-c1ccc2c(c1)CC[C@@H]2n1cc(-c2ccccc2)nn1. The molecule has 1 atom stereocenters. The van der Waals surface area contributed by atoms with Crippen molar-refractivity contribution in [3.05, 3.63) is 115 Å². The third kappa shape index (κ3) is 3.88. The van der Waals surface area contributed by atoms with Gasteiger partial charge in [-0.05, 0) is 66.4 Å². The Labute approximate surface area is 234 Å². The van der Waals surface area contributed by atoms with Crippen molar-refractivity contribution >= 4 is 17.0 Å². The van der Waals surface area contributed by atoms with E-state index in [1.165, 1.54) is 11.1 Å². The van der Waals surface area contributed by atoms with Crippen molar-refractivity contribution in [2.45, 2.75) is 18.9 Å². The van der Waals surface area contributed by atoms with Crippen LogP contribution >= 0.6 is 0 Å². The maximum Gasteiger partial charge on any atom is 0.167 e. The van der Waals surface area contributed by atoms with Gasteiger partial charge in [-0.1, -0.05) is 41.6 Å². The van der Waals surface area contributed by atoms with E-state index in [9.17, 15) is 0 Å². The lowest BCUT2D eigenvalue weighted by molar-refractivity contribution is 0.504. The van der Waals surface area contributed by atoms with Gasteiger partial charge < -0.3 is 5.73 Å². The average molecular weight is 537 g/mol. The number of benzene rings is 2. The molecular weight excluding hydrogens is 512 g/mol. The van der Waals surface area contributed by atoms with Crippen molar-refractivity contribution in [1.82, 2.24) is 44.3 Å². The summed E-state index contributed by atoms with van der Waals surface area (Å²) in [4.78, 5) is 14.3. The van der Waals surface area contributed by atoms with Gasteiger partial charge in [-0.2, -0.15) is 5.10 Å². The predicted molar refractivity (Wildman–Crippen MR) is 156 cm³/mol. The van der Waals surface area contributed by atoms with Gasteiger partial charge in [0.05, 0.1) is 17.8 Å². The van der Waals surface area contributed by atoms with Crippen LogP contribution in [0.1, 0.15) is 23.6 Å². The lowest BCUT2D eigenvalue weighted by Crippen LogP contribution is -2.08. The summed E-state index contributed by atoms with van der Waals surface area (Å²) in [7, 11) is 0. The summed E-state index contributed by atoms with van der Waals surface area (Å²) in [5, 5.41) is 13.3. The van der Waals surface area contributed by atoms with Gasteiger partial charge in [-0.3, -0.25) is 4.57 Å². The van der Waals surface area contributed by atoms with Gasteiger partial charge in [-0.25, -0.2) is 24.3 Å². The van der Waals surface area contributed by atoms with Crippen LogP contribution in [0.2, 0.25) is 0 Å². The second-order valence-electron chi connectivity index (χ2n) is 10.1. The summed E-state index contributed by atoms with van der Waals surface area (Å²) in [6.45, 7) is 0. The van der Waals surface area contributed by atoms with E-state index in [4.69, 9.17) is 15.7 Å². The van der Waals surface area contributed by atoms with Gasteiger partial charge in [0, 0.05) is 29.8 Å². The van der Waals surface area contributed by atoms with Gasteiger partial charge in [0.2, 0.25) is 0 Å². The highest BCUT2D eigenvalue weighted by atomic mass is 15.4. The van der Waals surface area contributed by atoms with Crippen LogP contribution in [-0.2, 0) is 6.42 Å². The number of anilines is 1. The number of aryl methyl sites for hydroxylation is 1. The lowest BCUT2D eigenvalue weighted by Gasteiger charge is -2.14. The third-order valence-electron chi connectivity index (χ3n) is 7.64. The van der Waals surface area contributed by atoms with Crippen LogP contribution < -0.4 is 5.73 Å². The lowest BCUT2D eigenvalue weighted by atomic mass is 10.1. The first-order valence-electron chi connectivity index (χ1n) is 13.4. The zero-order valence-corrected chi connectivity index (χ0v) is 21.9. The van der Waals surface area contributed by atoms with Gasteiger partial charge in [0.1, 0.15) is 17.0 Å². The van der Waals surface area contributed by atoms with Gasteiger partial charge in [-0.15, -0.1) is 5.10 Å². The molecule has 0 saturated heterocycles. The molecule has 0 unspecified atom stereocenters. The van der Waals surface area contributed by atoms with E-state index < -0.39 is 0 Å². The van der Waals surface area contributed by atoms with E-state index in [0.717, 1.165) is 46.5 Å². The minimum Gasteiger partial charge on any atom is -0.383 e. The van der Waals surface area contributed by atoms with Crippen LogP contribution in [0.15, 0.2) is 104 Å². The predicted octanol–water partition coefficient (Wildman–Crippen LogP) is 5.04. The molecule has 7 aromatic rings. The topological polar surface area (TPSA) is 118 Å². The number of nitrogens with zero attached hydrogens (tertiary/aromatic N) is 9. The second kappa shape index (κ2) is 9.23. The highest BCUT2D eigenvalue weighted by Gasteiger charge is 2.27. The Hall–Kier alpha value is -5.64. The van der Waals surface area contributed by atoms with E-state index >= 15 is 0 Å². The fourth-order valence-electron chi connectivity index (χ4n) is 5.68. The molecule has 0 saturated carbocycles. The summed E-state index contributed by atoms with van der Waals surface area (Å²) in [5.41, 5.74) is 14.0. The molecule has 0 bridgehead atoms. The Morgan fingerprint density at radius 2 is 1.80 bits per heavy atom. The number of fused-ring (bicyclic) bond motifs is 2. The first kappa shape index (κ1) is 23.3. The molecule has 5 heterocycles. The largest absolute Gasteiger partial charge is 0.383 e. The van der Waals surface area contributed by atoms with Crippen LogP contribution in [0.4, 0.5) is 5.82 Å². The smallest absolute Gasteiger partial charge is 0.167 e. The van der Waals surface area contributed by atoms with Crippen molar-refractivity contribution < 1.29 is 0 Å². The number of pyridine rings is 2. The zero-order chi connectivity index (χ0) is 27.3. The number of hydrogen-bond acceptors (Lipinski definition) is 7. The molecule has 198 valence electrons. The molecule has 41 heavy (non-hydrogen) atoms. The molecule has 0 spiro atoms. The van der Waals surface area contributed by atoms with Crippen LogP contribution in [0, 0.1) is 0 Å². The summed E-state index contributed by atoms with van der Waals surface area (Å²) < 4.78 is 5.79. The van der Waals surface area contributed by atoms with Gasteiger partial charge in [0.25, 0.3) is 0 Å².